The Morgan fingerprint density at radius 2 is 1.92 bits per heavy atom. The van der Waals surface area contributed by atoms with E-state index >= 15 is 0 Å². The third-order valence-electron chi connectivity index (χ3n) is 4.12. The quantitative estimate of drug-likeness (QED) is 0.941. The molecule has 0 bridgehead atoms. The summed E-state index contributed by atoms with van der Waals surface area (Å²) in [6.45, 7) is 0.267. The van der Waals surface area contributed by atoms with E-state index in [2.05, 4.69) is 5.32 Å². The lowest BCUT2D eigenvalue weighted by Gasteiger charge is -2.26. The zero-order valence-corrected chi connectivity index (χ0v) is 13.1. The predicted octanol–water partition coefficient (Wildman–Crippen LogP) is 2.80. The fourth-order valence-electron chi connectivity index (χ4n) is 2.74. The molecule has 0 spiro atoms. The number of carbonyl (C=O) groups is 2. The van der Waals surface area contributed by atoms with E-state index in [0.29, 0.717) is 12.8 Å². The third-order valence-corrected chi connectivity index (χ3v) is 4.12. The molecule has 1 heterocycles. The molecule has 6 heteroatoms. The summed E-state index contributed by atoms with van der Waals surface area (Å²) in [5.41, 5.74) is 2.88. The maximum atomic E-state index is 13.2. The molecule has 2 aromatic rings. The van der Waals surface area contributed by atoms with Crippen molar-refractivity contribution in [2.45, 2.75) is 19.4 Å². The van der Waals surface area contributed by atoms with E-state index in [0.717, 1.165) is 28.9 Å². The number of carbonyl (C=O) groups excluding carboxylic acids is 2. The molecule has 1 N–H and O–H groups in total. The SMILES string of the molecule is CN1C(=O)CCc2cc(CNC(=O)c3ccc(F)c(F)c3)ccc21. The Hall–Kier alpha value is -2.76. The number of aryl methyl sites for hydroxylation is 1. The Morgan fingerprint density at radius 1 is 1.12 bits per heavy atom. The van der Waals surface area contributed by atoms with E-state index in [-0.39, 0.29) is 18.0 Å². The van der Waals surface area contributed by atoms with Crippen LogP contribution in [0, 0.1) is 11.6 Å². The van der Waals surface area contributed by atoms with E-state index in [1.54, 1.807) is 11.9 Å². The second-order valence-corrected chi connectivity index (χ2v) is 5.73. The fraction of sp³-hybridized carbons (Fsp3) is 0.222. The van der Waals surface area contributed by atoms with Gasteiger partial charge in [-0.3, -0.25) is 9.59 Å². The minimum Gasteiger partial charge on any atom is -0.348 e. The molecule has 0 radical (unpaired) electrons. The Kier molecular flexibility index (Phi) is 4.29. The minimum atomic E-state index is -1.05. The second kappa shape index (κ2) is 6.39. The van der Waals surface area contributed by atoms with Crippen molar-refractivity contribution in [2.75, 3.05) is 11.9 Å². The first-order chi connectivity index (χ1) is 11.5. The summed E-state index contributed by atoms with van der Waals surface area (Å²) in [4.78, 5) is 25.3. The second-order valence-electron chi connectivity index (χ2n) is 5.73. The lowest BCUT2D eigenvalue weighted by Crippen LogP contribution is -2.31. The summed E-state index contributed by atoms with van der Waals surface area (Å²) in [6.07, 6.45) is 1.14. The van der Waals surface area contributed by atoms with Gasteiger partial charge < -0.3 is 10.2 Å². The number of amides is 2. The first-order valence-electron chi connectivity index (χ1n) is 7.57. The normalized spacial score (nSPS) is 13.6. The number of nitrogens with zero attached hydrogens (tertiary/aromatic N) is 1. The van der Waals surface area contributed by atoms with Crippen molar-refractivity contribution in [2.24, 2.45) is 0 Å². The highest BCUT2D eigenvalue weighted by molar-refractivity contribution is 5.96. The van der Waals surface area contributed by atoms with Crippen molar-refractivity contribution in [1.29, 1.82) is 0 Å². The van der Waals surface area contributed by atoms with E-state index in [1.807, 2.05) is 18.2 Å². The number of hydrogen-bond acceptors (Lipinski definition) is 2. The first kappa shape index (κ1) is 16.1. The van der Waals surface area contributed by atoms with Crippen LogP contribution in [0.4, 0.5) is 14.5 Å². The van der Waals surface area contributed by atoms with Crippen LogP contribution in [0.25, 0.3) is 0 Å². The standard InChI is InChI=1S/C18H16F2N2O2/c1-22-16-6-2-11(8-12(16)4-7-17(22)23)10-21-18(24)13-3-5-14(19)15(20)9-13/h2-3,5-6,8-9H,4,7,10H2,1H3,(H,21,24). The summed E-state index contributed by atoms with van der Waals surface area (Å²) >= 11 is 0. The van der Waals surface area contributed by atoms with Gasteiger partial charge in [0.15, 0.2) is 11.6 Å². The van der Waals surface area contributed by atoms with Gasteiger partial charge in [0.2, 0.25) is 5.91 Å². The summed E-state index contributed by atoms with van der Waals surface area (Å²) in [7, 11) is 1.74. The minimum absolute atomic E-state index is 0.0668. The van der Waals surface area contributed by atoms with Gasteiger partial charge in [-0.25, -0.2) is 8.78 Å². The molecule has 0 unspecified atom stereocenters. The molecule has 124 valence electrons. The number of benzene rings is 2. The molecule has 0 atom stereocenters. The van der Waals surface area contributed by atoms with Crippen molar-refractivity contribution < 1.29 is 18.4 Å². The molecular formula is C18H16F2N2O2. The molecule has 0 aromatic heterocycles. The van der Waals surface area contributed by atoms with Crippen LogP contribution in [-0.4, -0.2) is 18.9 Å². The molecule has 3 rings (SSSR count). The molecular weight excluding hydrogens is 314 g/mol. The number of rotatable bonds is 3. The van der Waals surface area contributed by atoms with Crippen molar-refractivity contribution in [3.8, 4) is 0 Å². The van der Waals surface area contributed by atoms with Crippen LogP contribution in [0.15, 0.2) is 36.4 Å². The fourth-order valence-corrected chi connectivity index (χ4v) is 2.74. The average Bonchev–Trinajstić information content (AvgIpc) is 2.58. The zero-order chi connectivity index (χ0) is 17.3. The number of fused-ring (bicyclic) bond motifs is 1. The van der Waals surface area contributed by atoms with Gasteiger partial charge in [-0.05, 0) is 41.8 Å². The van der Waals surface area contributed by atoms with Crippen molar-refractivity contribution in [1.82, 2.24) is 5.32 Å². The van der Waals surface area contributed by atoms with Crippen molar-refractivity contribution >= 4 is 17.5 Å². The Balaban J connectivity index is 1.70. The smallest absolute Gasteiger partial charge is 0.251 e. The van der Waals surface area contributed by atoms with Gasteiger partial charge in [-0.1, -0.05) is 12.1 Å². The van der Waals surface area contributed by atoms with E-state index in [9.17, 15) is 18.4 Å². The van der Waals surface area contributed by atoms with E-state index in [4.69, 9.17) is 0 Å². The molecule has 24 heavy (non-hydrogen) atoms. The van der Waals surface area contributed by atoms with Crippen LogP contribution in [-0.2, 0) is 17.8 Å². The van der Waals surface area contributed by atoms with Crippen LogP contribution in [0.1, 0.15) is 27.9 Å². The van der Waals surface area contributed by atoms with Crippen LogP contribution in [0.5, 0.6) is 0 Å². The number of anilines is 1. The van der Waals surface area contributed by atoms with Crippen molar-refractivity contribution in [3.05, 3.63) is 64.7 Å². The molecule has 2 amide bonds. The summed E-state index contributed by atoms with van der Waals surface area (Å²) in [5, 5.41) is 2.68. The summed E-state index contributed by atoms with van der Waals surface area (Å²) in [6, 6.07) is 8.67. The Bertz CT molecular complexity index is 821. The predicted molar refractivity (Wildman–Crippen MR) is 85.7 cm³/mol. The largest absolute Gasteiger partial charge is 0.348 e. The number of nitrogens with one attached hydrogen (secondary N) is 1. The van der Waals surface area contributed by atoms with Gasteiger partial charge in [0.05, 0.1) is 0 Å². The number of hydrogen-bond donors (Lipinski definition) is 1. The Morgan fingerprint density at radius 3 is 2.67 bits per heavy atom. The zero-order valence-electron chi connectivity index (χ0n) is 13.1. The maximum absolute atomic E-state index is 13.2. The van der Waals surface area contributed by atoms with E-state index in [1.165, 1.54) is 6.07 Å². The molecule has 4 nitrogen and oxygen atoms in total. The number of halogens is 2. The van der Waals surface area contributed by atoms with Crippen molar-refractivity contribution in [3.63, 3.8) is 0 Å². The molecule has 0 aliphatic carbocycles. The lowest BCUT2D eigenvalue weighted by molar-refractivity contribution is -0.118. The highest BCUT2D eigenvalue weighted by Crippen LogP contribution is 2.27. The van der Waals surface area contributed by atoms with Crippen LogP contribution >= 0.6 is 0 Å². The molecule has 1 aliphatic rings. The molecule has 0 saturated carbocycles. The highest BCUT2D eigenvalue weighted by atomic mass is 19.2. The maximum Gasteiger partial charge on any atom is 0.251 e. The molecule has 1 aliphatic heterocycles. The van der Waals surface area contributed by atoms with Gasteiger partial charge in [0.25, 0.3) is 5.91 Å². The first-order valence-corrected chi connectivity index (χ1v) is 7.57. The van der Waals surface area contributed by atoms with Gasteiger partial charge in [-0.15, -0.1) is 0 Å². The van der Waals surface area contributed by atoms with Gasteiger partial charge >= 0.3 is 0 Å². The lowest BCUT2D eigenvalue weighted by atomic mass is 9.99. The van der Waals surface area contributed by atoms with Gasteiger partial charge in [-0.2, -0.15) is 0 Å². The highest BCUT2D eigenvalue weighted by Gasteiger charge is 2.20. The average molecular weight is 330 g/mol. The third kappa shape index (κ3) is 3.13. The molecule has 0 saturated heterocycles. The van der Waals surface area contributed by atoms with Crippen LogP contribution in [0.3, 0.4) is 0 Å². The summed E-state index contributed by atoms with van der Waals surface area (Å²) in [5.74, 6) is -2.43. The monoisotopic (exact) mass is 330 g/mol. The van der Waals surface area contributed by atoms with Gasteiger partial charge in [0.1, 0.15) is 0 Å². The Labute approximate surface area is 138 Å². The van der Waals surface area contributed by atoms with E-state index < -0.39 is 17.5 Å². The van der Waals surface area contributed by atoms with Crippen LogP contribution < -0.4 is 10.2 Å². The van der Waals surface area contributed by atoms with Gasteiger partial charge in [0, 0.05) is 31.3 Å². The molecule has 2 aromatic carbocycles. The summed E-state index contributed by atoms with van der Waals surface area (Å²) < 4.78 is 26.1. The van der Waals surface area contributed by atoms with Crippen LogP contribution in [0.2, 0.25) is 0 Å². The topological polar surface area (TPSA) is 49.4 Å². The molecule has 0 fully saturated rings.